The molecular formula is C22H19N3S. The standard InChI is InChI=1S/C22H19N3S/c1-4-10-17(11-5-1)20(18-12-6-2-7-13-18)16-23-22-24-21(25-26-22)19-14-8-3-9-15-19/h1-15,20H,16H2,(H,23,24,25). The maximum absolute atomic E-state index is 4.64. The van der Waals surface area contributed by atoms with Crippen molar-refractivity contribution >= 4 is 16.7 Å². The summed E-state index contributed by atoms with van der Waals surface area (Å²) in [6.07, 6.45) is 0. The largest absolute Gasteiger partial charge is 0.359 e. The van der Waals surface area contributed by atoms with Gasteiger partial charge in [0.2, 0.25) is 5.13 Å². The van der Waals surface area contributed by atoms with Gasteiger partial charge in [-0.25, -0.2) is 0 Å². The van der Waals surface area contributed by atoms with Gasteiger partial charge in [0.25, 0.3) is 0 Å². The molecule has 4 aromatic rings. The van der Waals surface area contributed by atoms with Gasteiger partial charge in [0.1, 0.15) is 0 Å². The number of nitrogens with one attached hydrogen (secondary N) is 1. The monoisotopic (exact) mass is 357 g/mol. The lowest BCUT2D eigenvalue weighted by Crippen LogP contribution is -2.14. The van der Waals surface area contributed by atoms with Crippen LogP contribution in [0.25, 0.3) is 11.4 Å². The van der Waals surface area contributed by atoms with Crippen LogP contribution in [0.5, 0.6) is 0 Å². The van der Waals surface area contributed by atoms with Gasteiger partial charge in [-0.3, -0.25) is 0 Å². The fourth-order valence-electron chi connectivity index (χ4n) is 2.99. The molecule has 0 saturated heterocycles. The molecule has 0 radical (unpaired) electrons. The first-order valence-corrected chi connectivity index (χ1v) is 9.40. The van der Waals surface area contributed by atoms with Crippen molar-refractivity contribution in [3.8, 4) is 11.4 Å². The minimum Gasteiger partial charge on any atom is -0.359 e. The van der Waals surface area contributed by atoms with E-state index in [2.05, 4.69) is 75.3 Å². The van der Waals surface area contributed by atoms with Crippen molar-refractivity contribution < 1.29 is 0 Å². The molecule has 0 saturated carbocycles. The first-order valence-electron chi connectivity index (χ1n) is 8.63. The summed E-state index contributed by atoms with van der Waals surface area (Å²) >= 11 is 1.40. The zero-order valence-electron chi connectivity index (χ0n) is 14.2. The van der Waals surface area contributed by atoms with Gasteiger partial charge in [-0.15, -0.1) is 0 Å². The van der Waals surface area contributed by atoms with Crippen LogP contribution < -0.4 is 5.32 Å². The van der Waals surface area contributed by atoms with Crippen LogP contribution in [0.1, 0.15) is 17.0 Å². The summed E-state index contributed by atoms with van der Waals surface area (Å²) < 4.78 is 4.48. The van der Waals surface area contributed by atoms with Crippen LogP contribution in [0.4, 0.5) is 5.13 Å². The van der Waals surface area contributed by atoms with Crippen molar-refractivity contribution in [3.63, 3.8) is 0 Å². The average Bonchev–Trinajstić information content (AvgIpc) is 3.20. The van der Waals surface area contributed by atoms with Gasteiger partial charge in [0.05, 0.1) is 0 Å². The van der Waals surface area contributed by atoms with E-state index in [4.69, 9.17) is 0 Å². The Bertz CT molecular complexity index is 897. The highest BCUT2D eigenvalue weighted by Crippen LogP contribution is 2.26. The minimum absolute atomic E-state index is 0.265. The SMILES string of the molecule is c1ccc(-c2nsc(NCC(c3ccccc3)c3ccccc3)n2)cc1. The van der Waals surface area contributed by atoms with Gasteiger partial charge < -0.3 is 5.32 Å². The number of hydrogen-bond acceptors (Lipinski definition) is 4. The molecular weight excluding hydrogens is 338 g/mol. The first kappa shape index (κ1) is 16.5. The maximum atomic E-state index is 4.64. The van der Waals surface area contributed by atoms with E-state index in [1.54, 1.807) is 0 Å². The second kappa shape index (κ2) is 7.93. The first-order chi connectivity index (χ1) is 12.9. The van der Waals surface area contributed by atoms with E-state index in [-0.39, 0.29) is 5.92 Å². The molecule has 0 bridgehead atoms. The Labute approximate surface area is 157 Å². The molecule has 3 nitrogen and oxygen atoms in total. The lowest BCUT2D eigenvalue weighted by atomic mass is 9.91. The number of aromatic nitrogens is 2. The predicted molar refractivity (Wildman–Crippen MR) is 109 cm³/mol. The molecule has 4 rings (SSSR count). The summed E-state index contributed by atoms with van der Waals surface area (Å²) in [7, 11) is 0. The van der Waals surface area contributed by atoms with Gasteiger partial charge in [-0.1, -0.05) is 91.0 Å². The Morgan fingerprint density at radius 3 is 1.85 bits per heavy atom. The Kier molecular flexibility index (Phi) is 5.03. The molecule has 128 valence electrons. The molecule has 0 unspecified atom stereocenters. The van der Waals surface area contributed by atoms with Crippen LogP contribution in [0.3, 0.4) is 0 Å². The third-order valence-corrected chi connectivity index (χ3v) is 4.99. The molecule has 0 fully saturated rings. The van der Waals surface area contributed by atoms with Crippen molar-refractivity contribution in [1.82, 2.24) is 9.36 Å². The highest BCUT2D eigenvalue weighted by molar-refractivity contribution is 7.09. The smallest absolute Gasteiger partial charge is 0.202 e. The van der Waals surface area contributed by atoms with Crippen molar-refractivity contribution in [1.29, 1.82) is 0 Å². The molecule has 26 heavy (non-hydrogen) atoms. The van der Waals surface area contributed by atoms with E-state index in [9.17, 15) is 0 Å². The fourth-order valence-corrected chi connectivity index (χ4v) is 3.58. The Hall–Kier alpha value is -2.98. The van der Waals surface area contributed by atoms with Gasteiger partial charge in [-0.05, 0) is 11.1 Å². The van der Waals surface area contributed by atoms with Crippen molar-refractivity contribution in [2.45, 2.75) is 5.92 Å². The van der Waals surface area contributed by atoms with Crippen LogP contribution in [0.15, 0.2) is 91.0 Å². The zero-order valence-corrected chi connectivity index (χ0v) is 15.1. The molecule has 0 atom stereocenters. The molecule has 4 heteroatoms. The summed E-state index contributed by atoms with van der Waals surface area (Å²) in [6.45, 7) is 0.775. The van der Waals surface area contributed by atoms with E-state index < -0.39 is 0 Å². The quantitative estimate of drug-likeness (QED) is 0.499. The number of nitrogens with zero attached hydrogens (tertiary/aromatic N) is 2. The zero-order chi connectivity index (χ0) is 17.6. The molecule has 0 amide bonds. The Morgan fingerprint density at radius 2 is 1.27 bits per heavy atom. The summed E-state index contributed by atoms with van der Waals surface area (Å²) in [5, 5.41) is 4.32. The second-order valence-electron chi connectivity index (χ2n) is 6.04. The number of rotatable bonds is 6. The third-order valence-electron chi connectivity index (χ3n) is 4.32. The molecule has 1 heterocycles. The number of hydrogen-bond donors (Lipinski definition) is 1. The van der Waals surface area contributed by atoms with E-state index in [0.29, 0.717) is 0 Å². The summed E-state index contributed by atoms with van der Waals surface area (Å²) in [5.74, 6) is 1.04. The van der Waals surface area contributed by atoms with Gasteiger partial charge >= 0.3 is 0 Å². The normalized spacial score (nSPS) is 10.8. The van der Waals surface area contributed by atoms with E-state index in [1.165, 1.54) is 22.7 Å². The summed E-state index contributed by atoms with van der Waals surface area (Å²) in [5.41, 5.74) is 3.62. The van der Waals surface area contributed by atoms with E-state index >= 15 is 0 Å². The second-order valence-corrected chi connectivity index (χ2v) is 6.80. The highest BCUT2D eigenvalue weighted by atomic mass is 32.1. The summed E-state index contributed by atoms with van der Waals surface area (Å²) in [6, 6.07) is 31.2. The molecule has 0 aliphatic carbocycles. The van der Waals surface area contributed by atoms with Crippen LogP contribution in [-0.2, 0) is 0 Å². The minimum atomic E-state index is 0.265. The van der Waals surface area contributed by atoms with Crippen LogP contribution in [0, 0.1) is 0 Å². The Morgan fingerprint density at radius 1 is 0.731 bits per heavy atom. The van der Waals surface area contributed by atoms with Crippen LogP contribution in [0.2, 0.25) is 0 Å². The molecule has 1 N–H and O–H groups in total. The van der Waals surface area contributed by atoms with Crippen molar-refractivity contribution in [3.05, 3.63) is 102 Å². The van der Waals surface area contributed by atoms with Crippen LogP contribution in [-0.4, -0.2) is 15.9 Å². The molecule has 0 spiro atoms. The maximum Gasteiger partial charge on any atom is 0.202 e. The lowest BCUT2D eigenvalue weighted by Gasteiger charge is -2.18. The summed E-state index contributed by atoms with van der Waals surface area (Å²) in [4.78, 5) is 4.64. The van der Waals surface area contributed by atoms with Crippen molar-refractivity contribution in [2.24, 2.45) is 0 Å². The predicted octanol–water partition coefficient (Wildman–Crippen LogP) is 5.45. The molecule has 3 aromatic carbocycles. The average molecular weight is 357 g/mol. The lowest BCUT2D eigenvalue weighted by molar-refractivity contribution is 0.852. The van der Waals surface area contributed by atoms with E-state index in [1.807, 2.05) is 30.3 Å². The van der Waals surface area contributed by atoms with Gasteiger partial charge in [0.15, 0.2) is 5.82 Å². The van der Waals surface area contributed by atoms with E-state index in [0.717, 1.165) is 23.1 Å². The van der Waals surface area contributed by atoms with Gasteiger partial charge in [0, 0.05) is 29.6 Å². The fraction of sp³-hybridized carbons (Fsp3) is 0.0909. The Balaban J connectivity index is 1.53. The van der Waals surface area contributed by atoms with Crippen molar-refractivity contribution in [2.75, 3.05) is 11.9 Å². The topological polar surface area (TPSA) is 37.8 Å². The number of benzene rings is 3. The highest BCUT2D eigenvalue weighted by Gasteiger charge is 2.15. The number of anilines is 1. The van der Waals surface area contributed by atoms with Crippen LogP contribution >= 0.6 is 11.5 Å². The van der Waals surface area contributed by atoms with Gasteiger partial charge in [-0.2, -0.15) is 9.36 Å². The third kappa shape index (κ3) is 3.81. The molecule has 0 aliphatic rings. The molecule has 0 aliphatic heterocycles. The molecule has 1 aromatic heterocycles.